The van der Waals surface area contributed by atoms with Gasteiger partial charge in [0.1, 0.15) is 5.75 Å². The Morgan fingerprint density at radius 2 is 1.83 bits per heavy atom. The summed E-state index contributed by atoms with van der Waals surface area (Å²) >= 11 is 0. The number of benzene rings is 1. The molecule has 23 heavy (non-hydrogen) atoms. The van der Waals surface area contributed by atoms with Crippen LogP contribution in [0.15, 0.2) is 43.0 Å². The van der Waals surface area contributed by atoms with Crippen molar-refractivity contribution < 1.29 is 19.4 Å². The Balaban J connectivity index is 1.86. The van der Waals surface area contributed by atoms with Crippen LogP contribution >= 0.6 is 0 Å². The van der Waals surface area contributed by atoms with Crippen molar-refractivity contribution in [2.75, 3.05) is 0 Å². The molecule has 0 atom stereocenters. The Kier molecular flexibility index (Phi) is 6.15. The SMILES string of the molecule is C=CCC1CCC(C(=O)Oc2ccc(/C=C/C(=O)O)cc2)CC1. The topological polar surface area (TPSA) is 63.6 Å². The number of ether oxygens (including phenoxy) is 1. The second kappa shape index (κ2) is 8.32. The number of carbonyl (C=O) groups is 2. The Labute approximate surface area is 136 Å². The summed E-state index contributed by atoms with van der Waals surface area (Å²) < 4.78 is 5.43. The van der Waals surface area contributed by atoms with Crippen molar-refractivity contribution in [1.82, 2.24) is 0 Å². The van der Waals surface area contributed by atoms with Crippen LogP contribution in [0.4, 0.5) is 0 Å². The number of allylic oxidation sites excluding steroid dienone is 1. The van der Waals surface area contributed by atoms with Crippen molar-refractivity contribution >= 4 is 18.0 Å². The lowest BCUT2D eigenvalue weighted by molar-refractivity contribution is -0.140. The van der Waals surface area contributed by atoms with Gasteiger partial charge in [-0.2, -0.15) is 0 Å². The minimum atomic E-state index is -0.993. The summed E-state index contributed by atoms with van der Waals surface area (Å²) in [6, 6.07) is 6.82. The molecule has 0 aromatic heterocycles. The molecule has 4 heteroatoms. The third-order valence-electron chi connectivity index (χ3n) is 4.20. The third-order valence-corrected chi connectivity index (χ3v) is 4.20. The first kappa shape index (κ1) is 17.0. The van der Waals surface area contributed by atoms with Crippen LogP contribution in [0.3, 0.4) is 0 Å². The van der Waals surface area contributed by atoms with Gasteiger partial charge in [-0.15, -0.1) is 6.58 Å². The molecule has 0 bridgehead atoms. The molecule has 1 fully saturated rings. The van der Waals surface area contributed by atoms with Crippen LogP contribution in [0.25, 0.3) is 6.08 Å². The molecule has 0 radical (unpaired) electrons. The summed E-state index contributed by atoms with van der Waals surface area (Å²) in [4.78, 5) is 22.7. The highest BCUT2D eigenvalue weighted by Gasteiger charge is 2.27. The molecule has 0 amide bonds. The molecule has 1 aromatic rings. The highest BCUT2D eigenvalue weighted by Crippen LogP contribution is 2.32. The van der Waals surface area contributed by atoms with E-state index in [1.807, 2.05) is 6.08 Å². The molecule has 1 aliphatic carbocycles. The quantitative estimate of drug-likeness (QED) is 0.372. The smallest absolute Gasteiger partial charge is 0.328 e. The Bertz CT molecular complexity index is 578. The van der Waals surface area contributed by atoms with Gasteiger partial charge in [-0.1, -0.05) is 18.2 Å². The standard InChI is InChI=1S/C19H22O4/c1-2-3-14-4-9-16(10-5-14)19(22)23-17-11-6-15(7-12-17)8-13-18(20)21/h2,6-8,11-14,16H,1,3-5,9-10H2,(H,20,21)/b13-8+. The van der Waals surface area contributed by atoms with E-state index in [2.05, 4.69) is 6.58 Å². The lowest BCUT2D eigenvalue weighted by Crippen LogP contribution is -2.25. The fourth-order valence-electron chi connectivity index (χ4n) is 2.88. The number of esters is 1. The van der Waals surface area contributed by atoms with Crippen LogP contribution in [0.2, 0.25) is 0 Å². The minimum absolute atomic E-state index is 0.0253. The monoisotopic (exact) mass is 314 g/mol. The van der Waals surface area contributed by atoms with Crippen LogP contribution in [-0.2, 0) is 9.59 Å². The number of rotatable bonds is 6. The maximum Gasteiger partial charge on any atom is 0.328 e. The molecule has 1 N–H and O–H groups in total. The maximum atomic E-state index is 12.2. The van der Waals surface area contributed by atoms with Crippen LogP contribution in [0.1, 0.15) is 37.7 Å². The molecular formula is C19H22O4. The van der Waals surface area contributed by atoms with Crippen molar-refractivity contribution in [1.29, 1.82) is 0 Å². The van der Waals surface area contributed by atoms with Crippen LogP contribution in [-0.4, -0.2) is 17.0 Å². The first-order valence-electron chi connectivity index (χ1n) is 7.92. The van der Waals surface area contributed by atoms with E-state index >= 15 is 0 Å². The molecule has 1 aromatic carbocycles. The first-order valence-corrected chi connectivity index (χ1v) is 7.92. The van der Waals surface area contributed by atoms with Gasteiger partial charge in [0.15, 0.2) is 0 Å². The van der Waals surface area contributed by atoms with Crippen LogP contribution in [0.5, 0.6) is 5.75 Å². The molecule has 0 unspecified atom stereocenters. The van der Waals surface area contributed by atoms with E-state index in [0.29, 0.717) is 11.7 Å². The molecule has 2 rings (SSSR count). The second-order valence-corrected chi connectivity index (χ2v) is 5.90. The Morgan fingerprint density at radius 1 is 1.17 bits per heavy atom. The number of aliphatic carboxylic acids is 1. The molecule has 0 heterocycles. The van der Waals surface area contributed by atoms with Crippen molar-refractivity contribution in [2.24, 2.45) is 11.8 Å². The second-order valence-electron chi connectivity index (χ2n) is 5.90. The molecule has 122 valence electrons. The zero-order valence-electron chi connectivity index (χ0n) is 13.1. The highest BCUT2D eigenvalue weighted by atomic mass is 16.5. The van der Waals surface area contributed by atoms with Gasteiger partial charge in [0.05, 0.1) is 5.92 Å². The summed E-state index contributed by atoms with van der Waals surface area (Å²) in [7, 11) is 0. The van der Waals surface area contributed by atoms with E-state index in [9.17, 15) is 9.59 Å². The summed E-state index contributed by atoms with van der Waals surface area (Å²) in [5, 5.41) is 8.58. The molecular weight excluding hydrogens is 292 g/mol. The van der Waals surface area contributed by atoms with E-state index in [-0.39, 0.29) is 11.9 Å². The number of carboxylic acids is 1. The van der Waals surface area contributed by atoms with E-state index in [1.165, 1.54) is 6.08 Å². The molecule has 4 nitrogen and oxygen atoms in total. The largest absolute Gasteiger partial charge is 0.478 e. The normalized spacial score (nSPS) is 21.0. The van der Waals surface area contributed by atoms with E-state index < -0.39 is 5.97 Å². The van der Waals surface area contributed by atoms with Crippen LogP contribution in [0, 0.1) is 11.8 Å². The van der Waals surface area contributed by atoms with Crippen molar-refractivity contribution in [3.05, 3.63) is 48.6 Å². The molecule has 0 saturated heterocycles. The molecule has 1 saturated carbocycles. The molecule has 1 aliphatic rings. The zero-order valence-corrected chi connectivity index (χ0v) is 13.1. The van der Waals surface area contributed by atoms with Gasteiger partial charge in [-0.25, -0.2) is 4.79 Å². The summed E-state index contributed by atoms with van der Waals surface area (Å²) in [6.07, 6.45) is 9.37. The highest BCUT2D eigenvalue weighted by molar-refractivity contribution is 5.85. The lowest BCUT2D eigenvalue weighted by Gasteiger charge is -2.26. The van der Waals surface area contributed by atoms with Gasteiger partial charge in [0, 0.05) is 6.08 Å². The Morgan fingerprint density at radius 3 is 2.39 bits per heavy atom. The number of hydrogen-bond donors (Lipinski definition) is 1. The van der Waals surface area contributed by atoms with Gasteiger partial charge >= 0.3 is 11.9 Å². The fraction of sp³-hybridized carbons (Fsp3) is 0.368. The lowest BCUT2D eigenvalue weighted by atomic mass is 9.80. The average molecular weight is 314 g/mol. The van der Waals surface area contributed by atoms with Crippen molar-refractivity contribution in [3.8, 4) is 5.75 Å². The van der Waals surface area contributed by atoms with Gasteiger partial charge in [0.25, 0.3) is 0 Å². The van der Waals surface area contributed by atoms with E-state index in [4.69, 9.17) is 9.84 Å². The van der Waals surface area contributed by atoms with Gasteiger partial charge in [-0.3, -0.25) is 4.79 Å². The first-order chi connectivity index (χ1) is 11.1. The van der Waals surface area contributed by atoms with Crippen molar-refractivity contribution in [3.63, 3.8) is 0 Å². The minimum Gasteiger partial charge on any atom is -0.478 e. The van der Waals surface area contributed by atoms with Gasteiger partial charge in [-0.05, 0) is 61.8 Å². The van der Waals surface area contributed by atoms with Gasteiger partial charge < -0.3 is 9.84 Å². The third kappa shape index (κ3) is 5.40. The average Bonchev–Trinajstić information content (AvgIpc) is 2.55. The molecule has 0 spiro atoms. The summed E-state index contributed by atoms with van der Waals surface area (Å²) in [5.74, 6) is -0.0429. The number of hydrogen-bond acceptors (Lipinski definition) is 3. The summed E-state index contributed by atoms with van der Waals surface area (Å²) in [5.41, 5.74) is 0.747. The number of carboxylic acid groups (broad SMARTS) is 1. The zero-order chi connectivity index (χ0) is 16.7. The predicted molar refractivity (Wildman–Crippen MR) is 89.0 cm³/mol. The van der Waals surface area contributed by atoms with E-state index in [1.54, 1.807) is 24.3 Å². The predicted octanol–water partition coefficient (Wildman–Crippen LogP) is 4.07. The Hall–Kier alpha value is -2.36. The van der Waals surface area contributed by atoms with Crippen LogP contribution < -0.4 is 4.74 Å². The van der Waals surface area contributed by atoms with Gasteiger partial charge in [0.2, 0.25) is 0 Å². The summed E-state index contributed by atoms with van der Waals surface area (Å²) in [6.45, 7) is 3.77. The maximum absolute atomic E-state index is 12.2. The fourth-order valence-corrected chi connectivity index (χ4v) is 2.88. The molecule has 0 aliphatic heterocycles. The van der Waals surface area contributed by atoms with Crippen molar-refractivity contribution in [2.45, 2.75) is 32.1 Å². The number of carbonyl (C=O) groups excluding carboxylic acids is 1. The van der Waals surface area contributed by atoms with E-state index in [0.717, 1.165) is 43.7 Å².